The lowest BCUT2D eigenvalue weighted by molar-refractivity contribution is -0.144. The second-order valence-electron chi connectivity index (χ2n) is 4.84. The van der Waals surface area contributed by atoms with Crippen LogP contribution in [-0.4, -0.2) is 30.5 Å². The Morgan fingerprint density at radius 1 is 1.21 bits per heavy atom. The fraction of sp³-hybridized carbons (Fsp3) is 0.286. The maximum atomic E-state index is 12.8. The van der Waals surface area contributed by atoms with Crippen LogP contribution in [0.1, 0.15) is 18.4 Å². The third-order valence-corrected chi connectivity index (χ3v) is 4.23. The topological polar surface area (TPSA) is 56.5 Å². The van der Waals surface area contributed by atoms with E-state index in [4.69, 9.17) is 11.6 Å². The average molecular weight is 374 g/mol. The van der Waals surface area contributed by atoms with Crippen molar-refractivity contribution in [2.24, 2.45) is 0 Å². The van der Waals surface area contributed by atoms with Crippen LogP contribution >= 0.6 is 23.4 Å². The SMILES string of the molecule is CCSc1ccc(Cl)nc1-n1nc2nc(C(F)(F)F)nc-2cc1C. The summed E-state index contributed by atoms with van der Waals surface area (Å²) in [7, 11) is 0. The lowest BCUT2D eigenvalue weighted by atomic mass is 10.3. The molecule has 2 aliphatic rings. The molecule has 3 rings (SSSR count). The number of nitrogens with zero attached hydrogens (tertiary/aromatic N) is 5. The van der Waals surface area contributed by atoms with Gasteiger partial charge >= 0.3 is 6.18 Å². The summed E-state index contributed by atoms with van der Waals surface area (Å²) < 4.78 is 39.8. The minimum Gasteiger partial charge on any atom is -0.221 e. The molecule has 3 heterocycles. The van der Waals surface area contributed by atoms with Gasteiger partial charge in [0.15, 0.2) is 5.82 Å². The monoisotopic (exact) mass is 373 g/mol. The molecule has 0 fully saturated rings. The van der Waals surface area contributed by atoms with Gasteiger partial charge in [-0.05, 0) is 30.9 Å². The molecule has 10 heteroatoms. The maximum absolute atomic E-state index is 12.8. The molecule has 0 bridgehead atoms. The first-order valence-electron chi connectivity index (χ1n) is 6.91. The number of aryl methyl sites for hydroxylation is 1. The number of imidazole rings is 1. The zero-order chi connectivity index (χ0) is 17.5. The Morgan fingerprint density at radius 2 is 1.96 bits per heavy atom. The van der Waals surface area contributed by atoms with Crippen LogP contribution in [0.3, 0.4) is 0 Å². The van der Waals surface area contributed by atoms with Crippen molar-refractivity contribution in [2.75, 3.05) is 5.75 Å². The summed E-state index contributed by atoms with van der Waals surface area (Å²) in [6.45, 7) is 3.69. The second kappa shape index (κ2) is 6.21. The number of aromatic nitrogens is 5. The first-order chi connectivity index (χ1) is 11.3. The summed E-state index contributed by atoms with van der Waals surface area (Å²) in [5.74, 6) is -0.0520. The summed E-state index contributed by atoms with van der Waals surface area (Å²) >= 11 is 7.49. The van der Waals surface area contributed by atoms with Gasteiger partial charge < -0.3 is 0 Å². The molecule has 1 aromatic rings. The van der Waals surface area contributed by atoms with Gasteiger partial charge in [0.2, 0.25) is 11.6 Å². The Morgan fingerprint density at radius 3 is 2.62 bits per heavy atom. The van der Waals surface area contributed by atoms with Gasteiger partial charge in [0.25, 0.3) is 0 Å². The van der Waals surface area contributed by atoms with E-state index >= 15 is 0 Å². The minimum atomic E-state index is -4.61. The highest BCUT2D eigenvalue weighted by Gasteiger charge is 2.37. The molecule has 0 aromatic carbocycles. The minimum absolute atomic E-state index is 0.0859. The zero-order valence-corrected chi connectivity index (χ0v) is 14.2. The third-order valence-electron chi connectivity index (χ3n) is 3.10. The van der Waals surface area contributed by atoms with Crippen molar-refractivity contribution in [1.29, 1.82) is 0 Å². The zero-order valence-electron chi connectivity index (χ0n) is 12.6. The average Bonchev–Trinajstić information content (AvgIpc) is 2.91. The van der Waals surface area contributed by atoms with Crippen LogP contribution in [0.5, 0.6) is 0 Å². The summed E-state index contributed by atoms with van der Waals surface area (Å²) in [5.41, 5.74) is 0.659. The van der Waals surface area contributed by atoms with E-state index in [1.54, 1.807) is 19.1 Å². The molecular weight excluding hydrogens is 363 g/mol. The molecule has 0 unspecified atom stereocenters. The van der Waals surface area contributed by atoms with E-state index in [0.717, 1.165) is 10.6 Å². The van der Waals surface area contributed by atoms with Crippen LogP contribution < -0.4 is 0 Å². The predicted molar refractivity (Wildman–Crippen MR) is 84.7 cm³/mol. The summed E-state index contributed by atoms with van der Waals surface area (Å²) in [5, 5.41) is 4.44. The van der Waals surface area contributed by atoms with Crippen LogP contribution in [0.25, 0.3) is 17.3 Å². The predicted octanol–water partition coefficient (Wildman–Crippen LogP) is 4.25. The molecule has 24 heavy (non-hydrogen) atoms. The van der Waals surface area contributed by atoms with E-state index < -0.39 is 12.0 Å². The molecule has 126 valence electrons. The van der Waals surface area contributed by atoms with Gasteiger partial charge in [-0.1, -0.05) is 18.5 Å². The van der Waals surface area contributed by atoms with Crippen LogP contribution in [0.15, 0.2) is 23.1 Å². The van der Waals surface area contributed by atoms with Gasteiger partial charge in [-0.15, -0.1) is 16.9 Å². The molecular formula is C14H11ClF3N5S. The lowest BCUT2D eigenvalue weighted by Crippen LogP contribution is -2.10. The van der Waals surface area contributed by atoms with Gasteiger partial charge in [0.1, 0.15) is 10.8 Å². The van der Waals surface area contributed by atoms with E-state index in [0.29, 0.717) is 11.5 Å². The van der Waals surface area contributed by atoms with Crippen molar-refractivity contribution in [2.45, 2.75) is 24.9 Å². The fourth-order valence-corrected chi connectivity index (χ4v) is 3.00. The molecule has 0 spiro atoms. The number of thioether (sulfide) groups is 1. The molecule has 0 atom stereocenters. The van der Waals surface area contributed by atoms with E-state index in [-0.39, 0.29) is 16.7 Å². The number of rotatable bonds is 3. The highest BCUT2D eigenvalue weighted by atomic mass is 35.5. The van der Waals surface area contributed by atoms with Crippen molar-refractivity contribution in [3.63, 3.8) is 0 Å². The van der Waals surface area contributed by atoms with Crippen molar-refractivity contribution < 1.29 is 13.2 Å². The number of hydrogen-bond acceptors (Lipinski definition) is 5. The van der Waals surface area contributed by atoms with Crippen molar-refractivity contribution >= 4 is 23.4 Å². The Bertz CT molecular complexity index is 864. The highest BCUT2D eigenvalue weighted by Crippen LogP contribution is 2.32. The largest absolute Gasteiger partial charge is 0.451 e. The van der Waals surface area contributed by atoms with Crippen LogP contribution in [-0.2, 0) is 6.18 Å². The quantitative estimate of drug-likeness (QED) is 0.507. The van der Waals surface area contributed by atoms with Crippen LogP contribution in [0.4, 0.5) is 13.2 Å². The standard InChI is InChI=1S/C14H11ClF3N5S/c1-3-24-9-4-5-10(15)20-12(9)23-7(2)6-8-11(22-23)21-13(19-8)14(16,17)18/h4-6H,3H2,1-2H3. The van der Waals surface area contributed by atoms with E-state index in [2.05, 4.69) is 20.1 Å². The first-order valence-corrected chi connectivity index (χ1v) is 8.27. The molecule has 0 saturated carbocycles. The Balaban J connectivity index is 2.19. The van der Waals surface area contributed by atoms with Crippen LogP contribution in [0, 0.1) is 6.92 Å². The number of hydrogen-bond donors (Lipinski definition) is 0. The first kappa shape index (κ1) is 17.0. The maximum Gasteiger partial charge on any atom is 0.451 e. The molecule has 5 nitrogen and oxygen atoms in total. The van der Waals surface area contributed by atoms with E-state index in [1.807, 2.05) is 6.92 Å². The molecule has 0 radical (unpaired) electrons. The lowest BCUT2D eigenvalue weighted by Gasteiger charge is -2.13. The van der Waals surface area contributed by atoms with Crippen molar-refractivity contribution in [1.82, 2.24) is 24.7 Å². The van der Waals surface area contributed by atoms with Gasteiger partial charge in [-0.25, -0.2) is 19.6 Å². The molecule has 1 aromatic heterocycles. The third kappa shape index (κ3) is 3.18. The fourth-order valence-electron chi connectivity index (χ4n) is 2.12. The molecule has 0 amide bonds. The summed E-state index contributed by atoms with van der Waals surface area (Å²) in [6, 6.07) is 4.95. The van der Waals surface area contributed by atoms with Gasteiger partial charge in [-0.2, -0.15) is 13.2 Å². The molecule has 0 N–H and O–H groups in total. The smallest absolute Gasteiger partial charge is 0.221 e. The number of pyridine rings is 1. The number of fused-ring (bicyclic) bond motifs is 1. The van der Waals surface area contributed by atoms with Crippen molar-refractivity contribution in [3.05, 3.63) is 34.9 Å². The van der Waals surface area contributed by atoms with Gasteiger partial charge in [0, 0.05) is 5.69 Å². The normalized spacial score (nSPS) is 12.1. The highest BCUT2D eigenvalue weighted by molar-refractivity contribution is 7.99. The summed E-state index contributed by atoms with van der Waals surface area (Å²) in [6.07, 6.45) is -4.61. The molecule has 0 saturated heterocycles. The van der Waals surface area contributed by atoms with Crippen LogP contribution in [0.2, 0.25) is 5.15 Å². The van der Waals surface area contributed by atoms with E-state index in [1.165, 1.54) is 22.5 Å². The molecule has 2 aliphatic heterocycles. The Kier molecular flexibility index (Phi) is 4.39. The number of alkyl halides is 3. The molecule has 0 aliphatic carbocycles. The van der Waals surface area contributed by atoms with E-state index in [9.17, 15) is 13.2 Å². The Hall–Kier alpha value is -1.87. The Labute approximate surface area is 144 Å². The van der Waals surface area contributed by atoms with Gasteiger partial charge in [0.05, 0.1) is 4.90 Å². The summed E-state index contributed by atoms with van der Waals surface area (Å²) in [4.78, 5) is 12.0. The van der Waals surface area contributed by atoms with Gasteiger partial charge in [-0.3, -0.25) is 0 Å². The van der Waals surface area contributed by atoms with Crippen molar-refractivity contribution in [3.8, 4) is 17.3 Å². The second-order valence-corrected chi connectivity index (χ2v) is 6.53. The number of halogens is 4.